The summed E-state index contributed by atoms with van der Waals surface area (Å²) in [6.07, 6.45) is 0.463. The fraction of sp³-hybridized carbons (Fsp3) is 0.412. The number of benzene rings is 1. The number of hydrogen-bond acceptors (Lipinski definition) is 4. The van der Waals surface area contributed by atoms with Crippen LogP contribution in [-0.2, 0) is 16.9 Å². The van der Waals surface area contributed by atoms with E-state index in [1.165, 1.54) is 0 Å². The molecule has 1 amide bonds. The number of amides is 1. The molecule has 0 bridgehead atoms. The Balaban J connectivity index is 1.83. The molecule has 1 fully saturated rings. The third kappa shape index (κ3) is 3.36. The molecule has 7 heteroatoms. The number of aromatic nitrogens is 2. The van der Waals surface area contributed by atoms with E-state index >= 15 is 0 Å². The Labute approximate surface area is 141 Å². The van der Waals surface area contributed by atoms with Crippen molar-refractivity contribution < 1.29 is 13.2 Å². The quantitative estimate of drug-likeness (QED) is 0.915. The summed E-state index contributed by atoms with van der Waals surface area (Å²) < 4.78 is 24.7. The van der Waals surface area contributed by atoms with Gasteiger partial charge in [0.2, 0.25) is 0 Å². The molecule has 2 heterocycles. The Kier molecular flexibility index (Phi) is 4.21. The first-order chi connectivity index (χ1) is 11.2. The average Bonchev–Trinajstić information content (AvgIpc) is 3.04. The Morgan fingerprint density at radius 1 is 1.29 bits per heavy atom. The Bertz CT molecular complexity index is 900. The molecular weight excluding hydrogens is 326 g/mol. The van der Waals surface area contributed by atoms with E-state index in [1.807, 2.05) is 26.0 Å². The third-order valence-electron chi connectivity index (χ3n) is 4.35. The number of nitrogens with zero attached hydrogens (tertiary/aromatic N) is 2. The van der Waals surface area contributed by atoms with Gasteiger partial charge in [-0.1, -0.05) is 17.7 Å². The van der Waals surface area contributed by atoms with Crippen molar-refractivity contribution in [2.45, 2.75) is 26.3 Å². The second-order valence-electron chi connectivity index (χ2n) is 6.43. The van der Waals surface area contributed by atoms with Crippen LogP contribution >= 0.6 is 0 Å². The van der Waals surface area contributed by atoms with Gasteiger partial charge in [-0.3, -0.25) is 9.48 Å². The maximum Gasteiger partial charge on any atom is 0.272 e. The summed E-state index contributed by atoms with van der Waals surface area (Å²) in [5, 5.41) is 7.07. The second-order valence-corrected chi connectivity index (χ2v) is 8.66. The summed E-state index contributed by atoms with van der Waals surface area (Å²) in [5.74, 6) is -0.187. The van der Waals surface area contributed by atoms with Gasteiger partial charge in [0.25, 0.3) is 5.91 Å². The van der Waals surface area contributed by atoms with Gasteiger partial charge in [0.1, 0.15) is 0 Å². The predicted molar refractivity (Wildman–Crippen MR) is 92.6 cm³/mol. The molecule has 0 spiro atoms. The highest BCUT2D eigenvalue weighted by molar-refractivity contribution is 7.91. The van der Waals surface area contributed by atoms with Crippen molar-refractivity contribution in [1.29, 1.82) is 0 Å². The van der Waals surface area contributed by atoms with E-state index in [9.17, 15) is 13.2 Å². The molecular formula is C17H21N3O3S. The van der Waals surface area contributed by atoms with Crippen molar-refractivity contribution in [1.82, 2.24) is 15.1 Å². The molecule has 24 heavy (non-hydrogen) atoms. The van der Waals surface area contributed by atoms with Gasteiger partial charge in [-0.2, -0.15) is 5.10 Å². The van der Waals surface area contributed by atoms with Crippen LogP contribution in [0.1, 0.15) is 28.0 Å². The molecule has 1 aromatic heterocycles. The zero-order valence-corrected chi connectivity index (χ0v) is 14.9. The molecule has 0 aliphatic carbocycles. The molecule has 6 nitrogen and oxygen atoms in total. The van der Waals surface area contributed by atoms with E-state index < -0.39 is 9.84 Å². The SMILES string of the molecule is Cc1ccc(C)c(-c2cc(C(=O)NC3CCS(=O)(=O)C3)nn2C)c1. The summed E-state index contributed by atoms with van der Waals surface area (Å²) in [6, 6.07) is 7.58. The van der Waals surface area contributed by atoms with Crippen molar-refractivity contribution in [3.05, 3.63) is 41.1 Å². The summed E-state index contributed by atoms with van der Waals surface area (Å²) in [6.45, 7) is 4.04. The van der Waals surface area contributed by atoms with Gasteiger partial charge < -0.3 is 5.32 Å². The van der Waals surface area contributed by atoms with Crippen molar-refractivity contribution in [2.24, 2.45) is 7.05 Å². The van der Waals surface area contributed by atoms with Gasteiger partial charge in [0, 0.05) is 18.7 Å². The zero-order valence-electron chi connectivity index (χ0n) is 14.0. The van der Waals surface area contributed by atoms with E-state index in [-0.39, 0.29) is 23.5 Å². The van der Waals surface area contributed by atoms with Crippen molar-refractivity contribution in [2.75, 3.05) is 11.5 Å². The topological polar surface area (TPSA) is 81.1 Å². The van der Waals surface area contributed by atoms with Crippen LogP contribution < -0.4 is 5.32 Å². The lowest BCUT2D eigenvalue weighted by atomic mass is 10.0. The highest BCUT2D eigenvalue weighted by atomic mass is 32.2. The maximum atomic E-state index is 12.4. The molecule has 3 rings (SSSR count). The van der Waals surface area contributed by atoms with Crippen LogP contribution in [0.4, 0.5) is 0 Å². The number of nitrogens with one attached hydrogen (secondary N) is 1. The minimum Gasteiger partial charge on any atom is -0.347 e. The van der Waals surface area contributed by atoms with Gasteiger partial charge in [-0.25, -0.2) is 8.42 Å². The van der Waals surface area contributed by atoms with Crippen LogP contribution in [0, 0.1) is 13.8 Å². The third-order valence-corrected chi connectivity index (χ3v) is 6.12. The van der Waals surface area contributed by atoms with Crippen LogP contribution in [0.5, 0.6) is 0 Å². The Morgan fingerprint density at radius 3 is 2.71 bits per heavy atom. The van der Waals surface area contributed by atoms with E-state index in [4.69, 9.17) is 0 Å². The lowest BCUT2D eigenvalue weighted by molar-refractivity contribution is 0.0935. The zero-order chi connectivity index (χ0) is 17.5. The van der Waals surface area contributed by atoms with E-state index in [0.29, 0.717) is 12.1 Å². The lowest BCUT2D eigenvalue weighted by Crippen LogP contribution is -2.35. The van der Waals surface area contributed by atoms with Crippen LogP contribution in [0.2, 0.25) is 0 Å². The first-order valence-electron chi connectivity index (χ1n) is 7.88. The largest absolute Gasteiger partial charge is 0.347 e. The fourth-order valence-electron chi connectivity index (χ4n) is 3.01. The van der Waals surface area contributed by atoms with E-state index in [2.05, 4.69) is 16.5 Å². The number of rotatable bonds is 3. The average molecular weight is 347 g/mol. The minimum atomic E-state index is -3.02. The highest BCUT2D eigenvalue weighted by Crippen LogP contribution is 2.25. The normalized spacial score (nSPS) is 19.4. The lowest BCUT2D eigenvalue weighted by Gasteiger charge is -2.08. The van der Waals surface area contributed by atoms with Crippen molar-refractivity contribution in [3.8, 4) is 11.3 Å². The second kappa shape index (κ2) is 6.05. The van der Waals surface area contributed by atoms with Gasteiger partial charge >= 0.3 is 0 Å². The molecule has 1 atom stereocenters. The maximum absolute atomic E-state index is 12.4. The standard InChI is InChI=1S/C17H21N3O3S/c1-11-4-5-12(2)14(8-11)16-9-15(19-20(16)3)17(21)18-13-6-7-24(22,23)10-13/h4-5,8-9,13H,6-7,10H2,1-3H3,(H,18,21). The smallest absolute Gasteiger partial charge is 0.272 e. The molecule has 1 aliphatic heterocycles. The van der Waals surface area contributed by atoms with E-state index in [0.717, 1.165) is 22.4 Å². The summed E-state index contributed by atoms with van der Waals surface area (Å²) in [4.78, 5) is 12.4. The van der Waals surface area contributed by atoms with Crippen molar-refractivity contribution in [3.63, 3.8) is 0 Å². The molecule has 1 aliphatic rings. The van der Waals surface area contributed by atoms with Gasteiger partial charge in [-0.15, -0.1) is 0 Å². The highest BCUT2D eigenvalue weighted by Gasteiger charge is 2.29. The molecule has 2 aromatic rings. The molecule has 1 unspecified atom stereocenters. The number of aryl methyl sites for hydroxylation is 3. The fourth-order valence-corrected chi connectivity index (χ4v) is 4.68. The Hall–Kier alpha value is -2.15. The first kappa shape index (κ1) is 16.7. The number of carbonyl (C=O) groups excluding carboxylic acids is 1. The predicted octanol–water partition coefficient (Wildman–Crippen LogP) is 1.62. The molecule has 1 saturated heterocycles. The van der Waals surface area contributed by atoms with Gasteiger partial charge in [0.05, 0.1) is 17.2 Å². The summed E-state index contributed by atoms with van der Waals surface area (Å²) in [7, 11) is -1.22. The molecule has 128 valence electrons. The number of hydrogen-bond donors (Lipinski definition) is 1. The van der Waals surface area contributed by atoms with Crippen LogP contribution in [-0.4, -0.2) is 41.7 Å². The summed E-state index contributed by atoms with van der Waals surface area (Å²) >= 11 is 0. The number of carbonyl (C=O) groups is 1. The van der Waals surface area contributed by atoms with Crippen LogP contribution in [0.25, 0.3) is 11.3 Å². The first-order valence-corrected chi connectivity index (χ1v) is 9.70. The van der Waals surface area contributed by atoms with Crippen molar-refractivity contribution >= 4 is 15.7 Å². The van der Waals surface area contributed by atoms with Crippen LogP contribution in [0.15, 0.2) is 24.3 Å². The number of sulfone groups is 1. The molecule has 0 radical (unpaired) electrons. The molecule has 0 saturated carbocycles. The monoisotopic (exact) mass is 347 g/mol. The van der Waals surface area contributed by atoms with E-state index in [1.54, 1.807) is 17.8 Å². The Morgan fingerprint density at radius 2 is 2.04 bits per heavy atom. The molecule has 1 aromatic carbocycles. The minimum absolute atomic E-state index is 0.00934. The van der Waals surface area contributed by atoms with Gasteiger partial charge in [-0.05, 0) is 38.0 Å². The molecule has 1 N–H and O–H groups in total. The van der Waals surface area contributed by atoms with Crippen LogP contribution in [0.3, 0.4) is 0 Å². The van der Waals surface area contributed by atoms with Gasteiger partial charge in [0.15, 0.2) is 15.5 Å². The summed E-state index contributed by atoms with van der Waals surface area (Å²) in [5.41, 5.74) is 4.45.